The van der Waals surface area contributed by atoms with Gasteiger partial charge in [0.15, 0.2) is 0 Å². The molecule has 0 aliphatic heterocycles. The lowest BCUT2D eigenvalue weighted by atomic mass is 9.79. The summed E-state index contributed by atoms with van der Waals surface area (Å²) in [5, 5.41) is 10.2. The smallest absolute Gasteiger partial charge is 0.126 e. The Balaban J connectivity index is 1.98. The SMILES string of the molecule is CC1CCC(C(O)Cc2cc(Br)ccc2F)CC1. The molecule has 0 radical (unpaired) electrons. The minimum absolute atomic E-state index is 0.221. The van der Waals surface area contributed by atoms with E-state index in [-0.39, 0.29) is 5.82 Å². The van der Waals surface area contributed by atoms with Gasteiger partial charge in [-0.1, -0.05) is 35.7 Å². The van der Waals surface area contributed by atoms with E-state index in [0.717, 1.165) is 23.2 Å². The van der Waals surface area contributed by atoms with Gasteiger partial charge in [0.2, 0.25) is 0 Å². The molecule has 1 fully saturated rings. The Morgan fingerprint density at radius 1 is 1.33 bits per heavy atom. The van der Waals surface area contributed by atoms with Gasteiger partial charge in [-0.05, 0) is 48.4 Å². The third-order valence-corrected chi connectivity index (χ3v) is 4.53. The summed E-state index contributed by atoms with van der Waals surface area (Å²) < 4.78 is 14.5. The first-order chi connectivity index (χ1) is 8.56. The van der Waals surface area contributed by atoms with Crippen molar-refractivity contribution in [1.29, 1.82) is 0 Å². The van der Waals surface area contributed by atoms with Crippen LogP contribution >= 0.6 is 15.9 Å². The molecule has 1 aliphatic carbocycles. The molecule has 1 aromatic carbocycles. The van der Waals surface area contributed by atoms with Crippen molar-refractivity contribution in [2.45, 2.75) is 45.1 Å². The van der Waals surface area contributed by atoms with Crippen LogP contribution in [0.25, 0.3) is 0 Å². The maximum absolute atomic E-state index is 13.6. The van der Waals surface area contributed by atoms with Crippen molar-refractivity contribution in [1.82, 2.24) is 0 Å². The maximum atomic E-state index is 13.6. The molecule has 0 bridgehead atoms. The van der Waals surface area contributed by atoms with E-state index >= 15 is 0 Å². The fourth-order valence-electron chi connectivity index (χ4n) is 2.76. The van der Waals surface area contributed by atoms with Gasteiger partial charge in [-0.25, -0.2) is 4.39 Å². The van der Waals surface area contributed by atoms with Gasteiger partial charge in [0.05, 0.1) is 6.10 Å². The van der Waals surface area contributed by atoms with Gasteiger partial charge in [-0.15, -0.1) is 0 Å². The summed E-state index contributed by atoms with van der Waals surface area (Å²) in [7, 11) is 0. The second-order valence-electron chi connectivity index (χ2n) is 5.53. The van der Waals surface area contributed by atoms with E-state index in [4.69, 9.17) is 0 Å². The van der Waals surface area contributed by atoms with Gasteiger partial charge in [0, 0.05) is 10.9 Å². The van der Waals surface area contributed by atoms with E-state index in [2.05, 4.69) is 22.9 Å². The molecule has 0 amide bonds. The van der Waals surface area contributed by atoms with Crippen LogP contribution in [-0.2, 0) is 6.42 Å². The second kappa shape index (κ2) is 6.16. The quantitative estimate of drug-likeness (QED) is 0.881. The largest absolute Gasteiger partial charge is 0.392 e. The highest BCUT2D eigenvalue weighted by Gasteiger charge is 2.25. The molecule has 0 spiro atoms. The Morgan fingerprint density at radius 2 is 2.00 bits per heavy atom. The zero-order valence-electron chi connectivity index (χ0n) is 10.7. The van der Waals surface area contributed by atoms with Crippen LogP contribution in [-0.4, -0.2) is 11.2 Å². The number of aliphatic hydroxyl groups is 1. The molecule has 100 valence electrons. The fraction of sp³-hybridized carbons (Fsp3) is 0.600. The maximum Gasteiger partial charge on any atom is 0.126 e. The molecule has 1 aromatic rings. The van der Waals surface area contributed by atoms with Crippen molar-refractivity contribution in [3.8, 4) is 0 Å². The van der Waals surface area contributed by atoms with Crippen LogP contribution in [0, 0.1) is 17.7 Å². The first-order valence-corrected chi connectivity index (χ1v) is 7.47. The van der Waals surface area contributed by atoms with Crippen molar-refractivity contribution >= 4 is 15.9 Å². The number of hydrogen-bond donors (Lipinski definition) is 1. The Bertz CT molecular complexity index is 399. The molecule has 1 N–H and O–H groups in total. The topological polar surface area (TPSA) is 20.2 Å². The zero-order chi connectivity index (χ0) is 13.1. The minimum Gasteiger partial charge on any atom is -0.392 e. The van der Waals surface area contributed by atoms with E-state index in [1.165, 1.54) is 18.9 Å². The molecule has 0 heterocycles. The number of halogens is 2. The van der Waals surface area contributed by atoms with Crippen LogP contribution in [0.4, 0.5) is 4.39 Å². The summed E-state index contributed by atoms with van der Waals surface area (Å²) in [6, 6.07) is 4.91. The van der Waals surface area contributed by atoms with Gasteiger partial charge >= 0.3 is 0 Å². The molecule has 2 rings (SSSR count). The monoisotopic (exact) mass is 314 g/mol. The van der Waals surface area contributed by atoms with Crippen molar-refractivity contribution in [3.05, 3.63) is 34.1 Å². The summed E-state index contributed by atoms with van der Waals surface area (Å²) in [6.45, 7) is 2.26. The van der Waals surface area contributed by atoms with Crippen molar-refractivity contribution in [2.24, 2.45) is 11.8 Å². The number of benzene rings is 1. The van der Waals surface area contributed by atoms with E-state index in [9.17, 15) is 9.50 Å². The number of rotatable bonds is 3. The predicted molar refractivity (Wildman–Crippen MR) is 74.9 cm³/mol. The summed E-state index contributed by atoms with van der Waals surface area (Å²) >= 11 is 3.34. The molecule has 0 aromatic heterocycles. The second-order valence-corrected chi connectivity index (χ2v) is 6.44. The third-order valence-electron chi connectivity index (χ3n) is 4.04. The van der Waals surface area contributed by atoms with Crippen LogP contribution in [0.1, 0.15) is 38.2 Å². The lowest BCUT2D eigenvalue weighted by Crippen LogP contribution is -2.27. The first kappa shape index (κ1) is 14.0. The van der Waals surface area contributed by atoms with E-state index in [1.807, 2.05) is 0 Å². The zero-order valence-corrected chi connectivity index (χ0v) is 12.3. The molecule has 1 aliphatic rings. The first-order valence-electron chi connectivity index (χ1n) is 6.68. The van der Waals surface area contributed by atoms with Gasteiger partial charge in [-0.2, -0.15) is 0 Å². The minimum atomic E-state index is -0.415. The van der Waals surface area contributed by atoms with Crippen LogP contribution in [0.15, 0.2) is 22.7 Å². The van der Waals surface area contributed by atoms with Crippen LogP contribution in [0.3, 0.4) is 0 Å². The summed E-state index contributed by atoms with van der Waals surface area (Å²) in [5.74, 6) is 0.886. The normalized spacial score (nSPS) is 26.0. The third kappa shape index (κ3) is 3.55. The summed E-state index contributed by atoms with van der Waals surface area (Å²) in [6.07, 6.45) is 4.51. The van der Waals surface area contributed by atoms with Crippen LogP contribution < -0.4 is 0 Å². The number of hydrogen-bond acceptors (Lipinski definition) is 1. The Hall–Kier alpha value is -0.410. The molecular weight excluding hydrogens is 295 g/mol. The molecule has 3 heteroatoms. The van der Waals surface area contributed by atoms with Gasteiger partial charge < -0.3 is 5.11 Å². The average Bonchev–Trinajstić information content (AvgIpc) is 2.34. The molecule has 1 nitrogen and oxygen atoms in total. The predicted octanol–water partition coefficient (Wildman–Crippen LogP) is 4.32. The standard InChI is InChI=1S/C15H20BrFO/c1-10-2-4-11(5-3-10)15(18)9-12-8-13(16)6-7-14(12)17/h6-8,10-11,15,18H,2-5,9H2,1H3. The summed E-state index contributed by atoms with van der Waals surface area (Å²) in [4.78, 5) is 0. The van der Waals surface area contributed by atoms with Crippen molar-refractivity contribution in [3.63, 3.8) is 0 Å². The van der Waals surface area contributed by atoms with E-state index in [0.29, 0.717) is 17.9 Å². The van der Waals surface area contributed by atoms with Crippen LogP contribution in [0.5, 0.6) is 0 Å². The van der Waals surface area contributed by atoms with Crippen molar-refractivity contribution < 1.29 is 9.50 Å². The highest BCUT2D eigenvalue weighted by molar-refractivity contribution is 9.10. The molecule has 1 saturated carbocycles. The number of aliphatic hydroxyl groups excluding tert-OH is 1. The van der Waals surface area contributed by atoms with E-state index < -0.39 is 6.10 Å². The molecule has 0 saturated heterocycles. The molecule has 18 heavy (non-hydrogen) atoms. The average molecular weight is 315 g/mol. The van der Waals surface area contributed by atoms with Gasteiger partial charge in [0.25, 0.3) is 0 Å². The lowest BCUT2D eigenvalue weighted by molar-refractivity contribution is 0.0754. The molecule has 1 unspecified atom stereocenters. The molecule has 1 atom stereocenters. The van der Waals surface area contributed by atoms with E-state index in [1.54, 1.807) is 12.1 Å². The van der Waals surface area contributed by atoms with Crippen molar-refractivity contribution in [2.75, 3.05) is 0 Å². The Morgan fingerprint density at radius 3 is 2.67 bits per heavy atom. The summed E-state index contributed by atoms with van der Waals surface area (Å²) in [5.41, 5.74) is 0.607. The molecular formula is C15H20BrFO. The highest BCUT2D eigenvalue weighted by atomic mass is 79.9. The Kier molecular flexibility index (Phi) is 4.79. The van der Waals surface area contributed by atoms with Gasteiger partial charge in [-0.3, -0.25) is 0 Å². The van der Waals surface area contributed by atoms with Crippen LogP contribution in [0.2, 0.25) is 0 Å². The lowest BCUT2D eigenvalue weighted by Gasteiger charge is -2.30. The fourth-order valence-corrected chi connectivity index (χ4v) is 3.17. The Labute approximate surface area is 117 Å². The van der Waals surface area contributed by atoms with Gasteiger partial charge in [0.1, 0.15) is 5.82 Å². The highest BCUT2D eigenvalue weighted by Crippen LogP contribution is 2.32.